The summed E-state index contributed by atoms with van der Waals surface area (Å²) in [5.41, 5.74) is 6.23. The van der Waals surface area contributed by atoms with Crippen LogP contribution in [0.5, 0.6) is 11.5 Å². The first-order chi connectivity index (χ1) is 8.99. The fourth-order valence-electron chi connectivity index (χ4n) is 1.83. The molecule has 1 rings (SSSR count). The van der Waals surface area contributed by atoms with Crippen molar-refractivity contribution in [3.63, 3.8) is 0 Å². The molecule has 1 unspecified atom stereocenters. The first kappa shape index (κ1) is 15.2. The Morgan fingerprint density at radius 2 is 2.16 bits per heavy atom. The monoisotopic (exact) mass is 266 g/mol. The topological polar surface area (TPSA) is 84.5 Å². The molecule has 0 saturated heterocycles. The van der Waals surface area contributed by atoms with Crippen LogP contribution in [0.15, 0.2) is 12.3 Å². The number of aromatic nitrogens is 1. The summed E-state index contributed by atoms with van der Waals surface area (Å²) >= 11 is 0. The van der Waals surface area contributed by atoms with Gasteiger partial charge in [0.25, 0.3) is 0 Å². The zero-order chi connectivity index (χ0) is 14.4. The van der Waals surface area contributed by atoms with E-state index in [-0.39, 0.29) is 11.9 Å². The van der Waals surface area contributed by atoms with Crippen LogP contribution in [0.4, 0.5) is 0 Å². The second kappa shape index (κ2) is 6.94. The van der Waals surface area contributed by atoms with E-state index >= 15 is 0 Å². The second-order valence-corrected chi connectivity index (χ2v) is 4.49. The Balaban J connectivity index is 2.84. The van der Waals surface area contributed by atoms with Gasteiger partial charge in [0.1, 0.15) is 5.69 Å². The standard InChI is InChI=1S/C13H22N4O2/c1-9(7-12(14)15)17(2)8-10-13(19-4)11(18-3)5-6-16-10/h5-6,9H,7-8H2,1-4H3,(H3,14,15). The smallest absolute Gasteiger partial charge is 0.183 e. The number of hydrogen-bond acceptors (Lipinski definition) is 5. The average Bonchev–Trinajstić information content (AvgIpc) is 2.37. The van der Waals surface area contributed by atoms with Crippen molar-refractivity contribution in [3.05, 3.63) is 18.0 Å². The van der Waals surface area contributed by atoms with E-state index in [9.17, 15) is 0 Å². The number of nitrogens with one attached hydrogen (secondary N) is 1. The van der Waals surface area contributed by atoms with E-state index in [1.165, 1.54) is 0 Å². The Morgan fingerprint density at radius 3 is 2.68 bits per heavy atom. The zero-order valence-electron chi connectivity index (χ0n) is 11.9. The highest BCUT2D eigenvalue weighted by Gasteiger charge is 2.16. The molecule has 0 amide bonds. The highest BCUT2D eigenvalue weighted by molar-refractivity contribution is 5.77. The van der Waals surface area contributed by atoms with Crippen LogP contribution in [-0.2, 0) is 6.54 Å². The first-order valence-electron chi connectivity index (χ1n) is 6.08. The minimum atomic E-state index is 0.162. The molecule has 0 bridgehead atoms. The number of rotatable bonds is 7. The van der Waals surface area contributed by atoms with Crippen LogP contribution < -0.4 is 15.2 Å². The van der Waals surface area contributed by atoms with E-state index < -0.39 is 0 Å². The van der Waals surface area contributed by atoms with Gasteiger partial charge in [0.2, 0.25) is 0 Å². The molecule has 1 atom stereocenters. The quantitative estimate of drug-likeness (QED) is 0.573. The van der Waals surface area contributed by atoms with Crippen molar-refractivity contribution < 1.29 is 9.47 Å². The first-order valence-corrected chi connectivity index (χ1v) is 6.08. The Kier molecular flexibility index (Phi) is 5.57. The van der Waals surface area contributed by atoms with E-state index in [0.29, 0.717) is 24.5 Å². The summed E-state index contributed by atoms with van der Waals surface area (Å²) in [7, 11) is 5.17. The molecule has 0 radical (unpaired) electrons. The lowest BCUT2D eigenvalue weighted by Gasteiger charge is -2.24. The third-order valence-electron chi connectivity index (χ3n) is 3.03. The van der Waals surface area contributed by atoms with Crippen molar-refractivity contribution in [2.75, 3.05) is 21.3 Å². The van der Waals surface area contributed by atoms with Gasteiger partial charge in [0, 0.05) is 31.3 Å². The lowest BCUT2D eigenvalue weighted by atomic mass is 10.2. The lowest BCUT2D eigenvalue weighted by molar-refractivity contribution is 0.245. The molecule has 0 fully saturated rings. The number of nitrogens with two attached hydrogens (primary N) is 1. The highest BCUT2D eigenvalue weighted by atomic mass is 16.5. The summed E-state index contributed by atoms with van der Waals surface area (Å²) in [6, 6.07) is 1.93. The van der Waals surface area contributed by atoms with Crippen LogP contribution in [0, 0.1) is 5.41 Å². The van der Waals surface area contributed by atoms with Crippen molar-refractivity contribution in [2.45, 2.75) is 25.9 Å². The average molecular weight is 266 g/mol. The fourth-order valence-corrected chi connectivity index (χ4v) is 1.83. The minimum Gasteiger partial charge on any atom is -0.493 e. The van der Waals surface area contributed by atoms with Crippen LogP contribution in [-0.4, -0.2) is 43.0 Å². The van der Waals surface area contributed by atoms with Gasteiger partial charge in [-0.1, -0.05) is 0 Å². The molecule has 0 aliphatic carbocycles. The van der Waals surface area contributed by atoms with E-state index in [1.807, 2.05) is 14.0 Å². The Labute approximate surface area is 114 Å². The van der Waals surface area contributed by atoms with Gasteiger partial charge in [0.05, 0.1) is 20.1 Å². The molecule has 6 heteroatoms. The van der Waals surface area contributed by atoms with Crippen molar-refractivity contribution in [1.29, 1.82) is 5.41 Å². The zero-order valence-corrected chi connectivity index (χ0v) is 11.9. The molecule has 19 heavy (non-hydrogen) atoms. The maximum Gasteiger partial charge on any atom is 0.183 e. The number of pyridine rings is 1. The minimum absolute atomic E-state index is 0.162. The third-order valence-corrected chi connectivity index (χ3v) is 3.03. The van der Waals surface area contributed by atoms with Crippen LogP contribution in [0.1, 0.15) is 19.0 Å². The molecule has 0 aliphatic rings. The van der Waals surface area contributed by atoms with E-state index in [1.54, 1.807) is 26.5 Å². The molecular formula is C13H22N4O2. The second-order valence-electron chi connectivity index (χ2n) is 4.49. The van der Waals surface area contributed by atoms with Gasteiger partial charge in [-0.25, -0.2) is 0 Å². The molecule has 6 nitrogen and oxygen atoms in total. The van der Waals surface area contributed by atoms with Crippen LogP contribution in [0.3, 0.4) is 0 Å². The number of amidine groups is 1. The molecule has 0 aromatic carbocycles. The lowest BCUT2D eigenvalue weighted by Crippen LogP contribution is -2.32. The van der Waals surface area contributed by atoms with Crippen LogP contribution in [0.25, 0.3) is 0 Å². The number of nitrogens with zero attached hydrogens (tertiary/aromatic N) is 2. The van der Waals surface area contributed by atoms with E-state index in [0.717, 1.165) is 5.69 Å². The molecule has 1 aromatic rings. The predicted octanol–water partition coefficient (Wildman–Crippen LogP) is 1.25. The summed E-state index contributed by atoms with van der Waals surface area (Å²) in [4.78, 5) is 6.40. The van der Waals surface area contributed by atoms with Gasteiger partial charge in [-0.3, -0.25) is 15.3 Å². The van der Waals surface area contributed by atoms with Gasteiger partial charge >= 0.3 is 0 Å². The van der Waals surface area contributed by atoms with Crippen LogP contribution >= 0.6 is 0 Å². The molecule has 106 valence electrons. The van der Waals surface area contributed by atoms with Gasteiger partial charge in [-0.05, 0) is 14.0 Å². The Hall–Kier alpha value is -1.82. The summed E-state index contributed by atoms with van der Waals surface area (Å²) in [5.74, 6) is 1.50. The summed E-state index contributed by atoms with van der Waals surface area (Å²) in [6.07, 6.45) is 2.23. The van der Waals surface area contributed by atoms with Gasteiger partial charge in [0.15, 0.2) is 11.5 Å². The molecule has 0 spiro atoms. The van der Waals surface area contributed by atoms with Crippen molar-refractivity contribution >= 4 is 5.84 Å². The number of ether oxygens (including phenoxy) is 2. The molecule has 1 heterocycles. The van der Waals surface area contributed by atoms with Gasteiger partial charge in [-0.2, -0.15) is 0 Å². The fraction of sp³-hybridized carbons (Fsp3) is 0.538. The Bertz CT molecular complexity index is 437. The van der Waals surface area contributed by atoms with Crippen molar-refractivity contribution in [3.8, 4) is 11.5 Å². The van der Waals surface area contributed by atoms with Crippen LogP contribution in [0.2, 0.25) is 0 Å². The SMILES string of the molecule is COc1ccnc(CN(C)C(C)CC(=N)N)c1OC. The van der Waals surface area contributed by atoms with Crippen molar-refractivity contribution in [2.24, 2.45) is 5.73 Å². The molecule has 0 saturated carbocycles. The molecule has 1 aromatic heterocycles. The largest absolute Gasteiger partial charge is 0.493 e. The predicted molar refractivity (Wildman–Crippen MR) is 74.8 cm³/mol. The van der Waals surface area contributed by atoms with Crippen molar-refractivity contribution in [1.82, 2.24) is 9.88 Å². The normalized spacial score (nSPS) is 12.3. The number of methoxy groups -OCH3 is 2. The van der Waals surface area contributed by atoms with E-state index in [4.69, 9.17) is 20.6 Å². The maximum atomic E-state index is 7.33. The summed E-state index contributed by atoms with van der Waals surface area (Å²) < 4.78 is 10.6. The highest BCUT2D eigenvalue weighted by Crippen LogP contribution is 2.29. The van der Waals surface area contributed by atoms with Gasteiger partial charge < -0.3 is 15.2 Å². The van der Waals surface area contributed by atoms with E-state index in [2.05, 4.69) is 9.88 Å². The third kappa shape index (κ3) is 4.10. The molecule has 3 N–H and O–H groups in total. The number of hydrogen-bond donors (Lipinski definition) is 2. The Morgan fingerprint density at radius 1 is 1.47 bits per heavy atom. The maximum absolute atomic E-state index is 7.33. The molecule has 0 aliphatic heterocycles. The molecular weight excluding hydrogens is 244 g/mol. The van der Waals surface area contributed by atoms with Gasteiger partial charge in [-0.15, -0.1) is 0 Å². The summed E-state index contributed by atoms with van der Waals surface area (Å²) in [5, 5.41) is 7.33. The summed E-state index contributed by atoms with van der Waals surface area (Å²) in [6.45, 7) is 2.63.